The molecule has 0 aromatic heterocycles. The van der Waals surface area contributed by atoms with Crippen molar-refractivity contribution in [2.24, 2.45) is 0 Å². The molecule has 0 radical (unpaired) electrons. The summed E-state index contributed by atoms with van der Waals surface area (Å²) >= 11 is 0. The second-order valence-corrected chi connectivity index (χ2v) is 6.09. The van der Waals surface area contributed by atoms with Gasteiger partial charge in [0.2, 0.25) is 0 Å². The summed E-state index contributed by atoms with van der Waals surface area (Å²) in [4.78, 5) is 34.9. The van der Waals surface area contributed by atoms with Crippen molar-refractivity contribution >= 4 is 28.9 Å². The molecular formula is C20H23N3O6. The number of para-hydroxylation sites is 1. The minimum absolute atomic E-state index is 0.115. The standard InChI is InChI=1S/C20H23N3O6/c1-3-4-11-21-16-8-6-5-7-15(16)20(25)29-13-19(24)22-17-12-14(23(26)27)9-10-18(17)28-2/h5-10,12,21H,3-4,11,13H2,1-2H3,(H,22,24). The molecular weight excluding hydrogens is 378 g/mol. The Labute approximate surface area is 168 Å². The molecule has 0 bridgehead atoms. The van der Waals surface area contributed by atoms with E-state index in [1.54, 1.807) is 24.3 Å². The molecule has 0 spiro atoms. The van der Waals surface area contributed by atoms with Gasteiger partial charge in [-0.25, -0.2) is 4.79 Å². The van der Waals surface area contributed by atoms with Gasteiger partial charge >= 0.3 is 5.97 Å². The van der Waals surface area contributed by atoms with Gasteiger partial charge in [-0.3, -0.25) is 14.9 Å². The minimum Gasteiger partial charge on any atom is -0.495 e. The highest BCUT2D eigenvalue weighted by molar-refractivity contribution is 5.99. The number of methoxy groups -OCH3 is 1. The summed E-state index contributed by atoms with van der Waals surface area (Å²) in [5.74, 6) is -1.04. The van der Waals surface area contributed by atoms with Gasteiger partial charge in [0.25, 0.3) is 11.6 Å². The summed E-state index contributed by atoms with van der Waals surface area (Å²) < 4.78 is 10.2. The molecule has 2 aromatic carbocycles. The molecule has 0 unspecified atom stereocenters. The van der Waals surface area contributed by atoms with E-state index in [2.05, 4.69) is 17.6 Å². The van der Waals surface area contributed by atoms with Gasteiger partial charge in [0.05, 0.1) is 23.3 Å². The zero-order valence-corrected chi connectivity index (χ0v) is 16.3. The van der Waals surface area contributed by atoms with Gasteiger partial charge in [0.15, 0.2) is 6.61 Å². The summed E-state index contributed by atoms with van der Waals surface area (Å²) in [5, 5.41) is 16.5. The number of esters is 1. The number of non-ortho nitro benzene ring substituents is 1. The Morgan fingerprint density at radius 2 is 1.90 bits per heavy atom. The van der Waals surface area contributed by atoms with Gasteiger partial charge in [-0.1, -0.05) is 25.5 Å². The second kappa shape index (κ2) is 10.6. The number of nitrogens with zero attached hydrogens (tertiary/aromatic N) is 1. The van der Waals surface area contributed by atoms with Gasteiger partial charge < -0.3 is 20.1 Å². The normalized spacial score (nSPS) is 10.1. The highest BCUT2D eigenvalue weighted by Crippen LogP contribution is 2.28. The number of nitro benzene ring substituents is 1. The van der Waals surface area contributed by atoms with Gasteiger partial charge in [-0.15, -0.1) is 0 Å². The van der Waals surface area contributed by atoms with Crippen molar-refractivity contribution < 1.29 is 24.0 Å². The van der Waals surface area contributed by atoms with E-state index in [0.29, 0.717) is 17.8 Å². The quantitative estimate of drug-likeness (QED) is 0.270. The molecule has 0 heterocycles. The van der Waals surface area contributed by atoms with Gasteiger partial charge in [0, 0.05) is 24.4 Å². The lowest BCUT2D eigenvalue weighted by atomic mass is 10.1. The van der Waals surface area contributed by atoms with Gasteiger partial charge in [-0.2, -0.15) is 0 Å². The largest absolute Gasteiger partial charge is 0.495 e. The van der Waals surface area contributed by atoms with Crippen LogP contribution in [0.2, 0.25) is 0 Å². The Balaban J connectivity index is 2.00. The lowest BCUT2D eigenvalue weighted by molar-refractivity contribution is -0.384. The van der Waals surface area contributed by atoms with Crippen molar-refractivity contribution in [1.82, 2.24) is 0 Å². The number of hydrogen-bond acceptors (Lipinski definition) is 7. The molecule has 2 rings (SSSR count). The van der Waals surface area contributed by atoms with Crippen LogP contribution in [-0.2, 0) is 9.53 Å². The average molecular weight is 401 g/mol. The maximum Gasteiger partial charge on any atom is 0.340 e. The van der Waals surface area contributed by atoms with E-state index < -0.39 is 23.4 Å². The lowest BCUT2D eigenvalue weighted by Gasteiger charge is -2.12. The van der Waals surface area contributed by atoms with E-state index in [1.807, 2.05) is 0 Å². The Kier molecular flexibility index (Phi) is 7.96. The van der Waals surface area contributed by atoms with Crippen molar-refractivity contribution in [2.45, 2.75) is 19.8 Å². The average Bonchev–Trinajstić information content (AvgIpc) is 2.72. The molecule has 9 nitrogen and oxygen atoms in total. The minimum atomic E-state index is -0.647. The van der Waals surface area contributed by atoms with Crippen molar-refractivity contribution in [1.29, 1.82) is 0 Å². The predicted octanol–water partition coefficient (Wildman–Crippen LogP) is 3.61. The fourth-order valence-corrected chi connectivity index (χ4v) is 2.52. The second-order valence-electron chi connectivity index (χ2n) is 6.09. The molecule has 29 heavy (non-hydrogen) atoms. The monoisotopic (exact) mass is 401 g/mol. The van der Waals surface area contributed by atoms with Crippen LogP contribution in [0.25, 0.3) is 0 Å². The van der Waals surface area contributed by atoms with E-state index in [1.165, 1.54) is 25.3 Å². The number of carbonyl (C=O) groups is 2. The fourth-order valence-electron chi connectivity index (χ4n) is 2.52. The van der Waals surface area contributed by atoms with Crippen LogP contribution in [0, 0.1) is 10.1 Å². The number of carbonyl (C=O) groups excluding carboxylic acids is 2. The van der Waals surface area contributed by atoms with Gasteiger partial charge in [-0.05, 0) is 24.6 Å². The molecule has 154 valence electrons. The molecule has 1 amide bonds. The van der Waals surface area contributed by atoms with E-state index >= 15 is 0 Å². The van der Waals surface area contributed by atoms with Crippen LogP contribution >= 0.6 is 0 Å². The summed E-state index contributed by atoms with van der Waals surface area (Å²) in [6.07, 6.45) is 1.97. The van der Waals surface area contributed by atoms with Gasteiger partial charge in [0.1, 0.15) is 5.75 Å². The van der Waals surface area contributed by atoms with E-state index in [4.69, 9.17) is 9.47 Å². The van der Waals surface area contributed by atoms with Crippen molar-refractivity contribution in [3.05, 3.63) is 58.1 Å². The molecule has 0 fully saturated rings. The molecule has 0 saturated heterocycles. The van der Waals surface area contributed by atoms with Crippen molar-refractivity contribution in [2.75, 3.05) is 30.9 Å². The molecule has 2 aromatic rings. The maximum atomic E-state index is 12.4. The number of anilines is 2. The molecule has 0 aliphatic carbocycles. The summed E-state index contributed by atoms with van der Waals surface area (Å²) in [5.41, 5.74) is 0.866. The van der Waals surface area contributed by atoms with Crippen LogP contribution in [0.5, 0.6) is 5.75 Å². The first-order valence-electron chi connectivity index (χ1n) is 9.08. The first-order chi connectivity index (χ1) is 14.0. The summed E-state index contributed by atoms with van der Waals surface area (Å²) in [6, 6.07) is 10.7. The Hall–Kier alpha value is -3.62. The zero-order chi connectivity index (χ0) is 21.2. The fraction of sp³-hybridized carbons (Fsp3) is 0.300. The van der Waals surface area contributed by atoms with Crippen LogP contribution in [0.1, 0.15) is 30.1 Å². The topological polar surface area (TPSA) is 120 Å². The number of ether oxygens (including phenoxy) is 2. The Morgan fingerprint density at radius 1 is 1.14 bits per heavy atom. The number of rotatable bonds is 10. The first kappa shape index (κ1) is 21.7. The van der Waals surface area contributed by atoms with Crippen LogP contribution < -0.4 is 15.4 Å². The van der Waals surface area contributed by atoms with E-state index in [9.17, 15) is 19.7 Å². The number of nitro groups is 1. The molecule has 0 atom stereocenters. The molecule has 0 aliphatic heterocycles. The third kappa shape index (κ3) is 6.20. The van der Waals surface area contributed by atoms with E-state index in [0.717, 1.165) is 12.8 Å². The third-order valence-corrected chi connectivity index (χ3v) is 4.00. The summed E-state index contributed by atoms with van der Waals surface area (Å²) in [6.45, 7) is 2.23. The molecule has 0 aliphatic rings. The first-order valence-corrected chi connectivity index (χ1v) is 9.08. The summed E-state index contributed by atoms with van der Waals surface area (Å²) in [7, 11) is 1.37. The lowest BCUT2D eigenvalue weighted by Crippen LogP contribution is -2.22. The predicted molar refractivity (Wildman–Crippen MR) is 108 cm³/mol. The number of benzene rings is 2. The third-order valence-electron chi connectivity index (χ3n) is 4.00. The smallest absolute Gasteiger partial charge is 0.340 e. The molecule has 0 saturated carbocycles. The van der Waals surface area contributed by atoms with Crippen LogP contribution in [0.15, 0.2) is 42.5 Å². The van der Waals surface area contributed by atoms with Crippen molar-refractivity contribution in [3.8, 4) is 5.75 Å². The highest BCUT2D eigenvalue weighted by Gasteiger charge is 2.17. The Morgan fingerprint density at radius 3 is 2.59 bits per heavy atom. The number of hydrogen-bond donors (Lipinski definition) is 2. The van der Waals surface area contributed by atoms with Crippen LogP contribution in [0.3, 0.4) is 0 Å². The Bertz CT molecular complexity index is 884. The SMILES string of the molecule is CCCCNc1ccccc1C(=O)OCC(=O)Nc1cc([N+](=O)[O-])ccc1OC. The number of amides is 1. The molecule has 2 N–H and O–H groups in total. The van der Waals surface area contributed by atoms with Crippen LogP contribution in [-0.4, -0.2) is 37.1 Å². The maximum absolute atomic E-state index is 12.4. The van der Waals surface area contributed by atoms with E-state index in [-0.39, 0.29) is 17.1 Å². The number of nitrogens with one attached hydrogen (secondary N) is 2. The highest BCUT2D eigenvalue weighted by atomic mass is 16.6. The zero-order valence-electron chi connectivity index (χ0n) is 16.3. The van der Waals surface area contributed by atoms with Crippen molar-refractivity contribution in [3.63, 3.8) is 0 Å². The molecule has 9 heteroatoms. The van der Waals surface area contributed by atoms with Crippen LogP contribution in [0.4, 0.5) is 17.1 Å². The number of unbranched alkanes of at least 4 members (excludes halogenated alkanes) is 1.